The molecule has 2 aliphatic heterocycles. The number of piperazine rings is 1. The lowest BCUT2D eigenvalue weighted by Crippen LogP contribution is -2.49. The summed E-state index contributed by atoms with van der Waals surface area (Å²) in [7, 11) is 0. The van der Waals surface area contributed by atoms with Crippen LogP contribution in [0.15, 0.2) is 45.8 Å². The molecule has 0 amide bonds. The summed E-state index contributed by atoms with van der Waals surface area (Å²) in [6.45, 7) is 10.3. The number of benzene rings is 1. The Bertz CT molecular complexity index is 1430. The van der Waals surface area contributed by atoms with Gasteiger partial charge in [-0.3, -0.25) is 14.6 Å². The Labute approximate surface area is 207 Å². The molecule has 1 fully saturated rings. The van der Waals surface area contributed by atoms with Crippen LogP contribution in [-0.2, 0) is 12.1 Å². The van der Waals surface area contributed by atoms with E-state index in [1.807, 2.05) is 35.0 Å². The van der Waals surface area contributed by atoms with Crippen LogP contribution in [0.25, 0.3) is 10.9 Å². The molecule has 3 aromatic heterocycles. The molecule has 1 aromatic carbocycles. The Kier molecular flexibility index (Phi) is 5.53. The minimum Gasteiger partial charge on any atom is -0.468 e. The lowest BCUT2D eigenvalue weighted by atomic mass is 10.0. The van der Waals surface area contributed by atoms with Crippen LogP contribution < -0.4 is 15.0 Å². The van der Waals surface area contributed by atoms with E-state index in [0.717, 1.165) is 43.9 Å². The lowest BCUT2D eigenvalue weighted by molar-refractivity contribution is 0.0931. The van der Waals surface area contributed by atoms with Crippen molar-refractivity contribution >= 4 is 10.9 Å². The van der Waals surface area contributed by atoms with Gasteiger partial charge in [-0.05, 0) is 55.5 Å². The van der Waals surface area contributed by atoms with E-state index in [4.69, 9.17) is 13.9 Å². The number of nitrogens with one attached hydrogen (secondary N) is 1. The molecule has 5 heterocycles. The number of hydrogen-bond donors (Lipinski definition) is 1. The number of fused-ring (bicyclic) bond motifs is 2. The molecule has 0 bridgehead atoms. The van der Waals surface area contributed by atoms with Crippen LogP contribution in [0, 0.1) is 0 Å². The van der Waals surface area contributed by atoms with Crippen molar-refractivity contribution in [1.29, 1.82) is 0 Å². The molecular weight excluding hydrogens is 462 g/mol. The van der Waals surface area contributed by atoms with Gasteiger partial charge in [0.1, 0.15) is 11.8 Å². The summed E-state index contributed by atoms with van der Waals surface area (Å²) in [5.74, 6) is 2.89. The fourth-order valence-electron chi connectivity index (χ4n) is 4.96. The van der Waals surface area contributed by atoms with Gasteiger partial charge in [0.2, 0.25) is 6.79 Å². The number of hydrogen-bond acceptors (Lipinski definition) is 9. The summed E-state index contributed by atoms with van der Waals surface area (Å²) >= 11 is 0. The van der Waals surface area contributed by atoms with Gasteiger partial charge in [-0.2, -0.15) is 0 Å². The molecule has 1 N–H and O–H groups in total. The van der Waals surface area contributed by atoms with Gasteiger partial charge in [0.15, 0.2) is 17.3 Å². The van der Waals surface area contributed by atoms with Gasteiger partial charge in [0.25, 0.3) is 5.56 Å². The predicted octanol–water partition coefficient (Wildman–Crippen LogP) is 2.50. The smallest absolute Gasteiger partial charge is 0.253 e. The van der Waals surface area contributed by atoms with Gasteiger partial charge < -0.3 is 18.9 Å². The zero-order valence-corrected chi connectivity index (χ0v) is 20.6. The van der Waals surface area contributed by atoms with E-state index >= 15 is 0 Å². The fourth-order valence-corrected chi connectivity index (χ4v) is 4.96. The first kappa shape index (κ1) is 22.7. The summed E-state index contributed by atoms with van der Waals surface area (Å²) in [5.41, 5.74) is 0.771. The number of pyridine rings is 1. The summed E-state index contributed by atoms with van der Waals surface area (Å²) in [5, 5.41) is 13.6. The van der Waals surface area contributed by atoms with Crippen LogP contribution in [0.4, 0.5) is 0 Å². The molecule has 1 atom stereocenters. The van der Waals surface area contributed by atoms with Crippen LogP contribution in [0.1, 0.15) is 44.0 Å². The molecule has 1 saturated heterocycles. The number of ether oxygens (including phenoxy) is 2. The van der Waals surface area contributed by atoms with Crippen LogP contribution in [0.2, 0.25) is 0 Å². The van der Waals surface area contributed by atoms with E-state index in [1.165, 1.54) is 0 Å². The fraction of sp³-hybridized carbons (Fsp3) is 0.440. The van der Waals surface area contributed by atoms with Crippen molar-refractivity contribution in [3.05, 3.63) is 64.1 Å². The zero-order chi connectivity index (χ0) is 24.9. The maximum atomic E-state index is 13.5. The molecule has 11 heteroatoms. The Morgan fingerprint density at radius 1 is 1.08 bits per heavy atom. The lowest BCUT2D eigenvalue weighted by Gasteiger charge is -2.39. The van der Waals surface area contributed by atoms with Gasteiger partial charge in [-0.1, -0.05) is 0 Å². The number of tetrazole rings is 1. The van der Waals surface area contributed by atoms with E-state index in [-0.39, 0.29) is 17.9 Å². The highest BCUT2D eigenvalue weighted by molar-refractivity contribution is 5.83. The third kappa shape index (κ3) is 4.14. The number of aromatic amines is 1. The van der Waals surface area contributed by atoms with Gasteiger partial charge in [0, 0.05) is 43.2 Å². The van der Waals surface area contributed by atoms with Gasteiger partial charge in [-0.15, -0.1) is 5.10 Å². The van der Waals surface area contributed by atoms with Gasteiger partial charge in [0.05, 0.1) is 23.9 Å². The third-order valence-electron chi connectivity index (χ3n) is 6.77. The van der Waals surface area contributed by atoms with E-state index in [9.17, 15) is 4.79 Å². The minimum absolute atomic E-state index is 0.173. The maximum absolute atomic E-state index is 13.5. The second-order valence-corrected chi connectivity index (χ2v) is 10.3. The van der Waals surface area contributed by atoms with E-state index in [2.05, 4.69) is 51.1 Å². The highest BCUT2D eigenvalue weighted by Crippen LogP contribution is 2.36. The molecule has 4 aromatic rings. The highest BCUT2D eigenvalue weighted by atomic mass is 16.7. The van der Waals surface area contributed by atoms with Crippen LogP contribution in [0.5, 0.6) is 11.5 Å². The molecule has 11 nitrogen and oxygen atoms in total. The molecule has 188 valence electrons. The third-order valence-corrected chi connectivity index (χ3v) is 6.77. The Hall–Kier alpha value is -3.70. The van der Waals surface area contributed by atoms with Crippen molar-refractivity contribution in [1.82, 2.24) is 35.0 Å². The molecule has 0 saturated carbocycles. The monoisotopic (exact) mass is 491 g/mol. The Morgan fingerprint density at radius 3 is 2.58 bits per heavy atom. The number of aromatic nitrogens is 5. The Morgan fingerprint density at radius 2 is 1.86 bits per heavy atom. The molecule has 2 aliphatic rings. The standard InChI is InChI=1S/C25H29N7O4/c1-25(2,3)32-23(27-28-29-32)22(31-8-6-30(7-9-31)14-17-5-4-10-34-17)18-11-16-12-20-21(36-15-35-20)13-19(16)26-24(18)33/h4-5,10-13,22H,6-9,14-15H2,1-3H3,(H,26,33). The first-order valence-corrected chi connectivity index (χ1v) is 12.1. The van der Waals surface area contributed by atoms with Crippen molar-refractivity contribution in [2.75, 3.05) is 33.0 Å². The number of furan rings is 1. The van der Waals surface area contributed by atoms with Crippen LogP contribution in [0.3, 0.4) is 0 Å². The minimum atomic E-state index is -0.413. The van der Waals surface area contributed by atoms with E-state index in [1.54, 1.807) is 6.26 Å². The van der Waals surface area contributed by atoms with Crippen molar-refractivity contribution < 1.29 is 13.9 Å². The Balaban J connectivity index is 1.39. The van der Waals surface area contributed by atoms with Crippen molar-refractivity contribution in [3.8, 4) is 11.5 Å². The molecule has 6 rings (SSSR count). The molecule has 0 radical (unpaired) electrons. The highest BCUT2D eigenvalue weighted by Gasteiger charge is 2.35. The quantitative estimate of drug-likeness (QED) is 0.450. The summed E-state index contributed by atoms with van der Waals surface area (Å²) < 4.78 is 18.4. The SMILES string of the molecule is CC(C)(C)n1nnnc1C(c1cc2cc3c(cc2[nH]c1=O)OCO3)N1CCN(Cc2ccco2)CC1. The van der Waals surface area contributed by atoms with E-state index in [0.29, 0.717) is 28.4 Å². The second kappa shape index (κ2) is 8.75. The molecule has 0 spiro atoms. The molecule has 1 unspecified atom stereocenters. The van der Waals surface area contributed by atoms with Crippen LogP contribution >= 0.6 is 0 Å². The molecule has 36 heavy (non-hydrogen) atoms. The first-order chi connectivity index (χ1) is 17.4. The maximum Gasteiger partial charge on any atom is 0.253 e. The first-order valence-electron chi connectivity index (χ1n) is 12.1. The average Bonchev–Trinajstić information content (AvgIpc) is 3.61. The number of H-pyrrole nitrogens is 1. The van der Waals surface area contributed by atoms with Crippen molar-refractivity contribution in [3.63, 3.8) is 0 Å². The predicted molar refractivity (Wildman–Crippen MR) is 131 cm³/mol. The zero-order valence-electron chi connectivity index (χ0n) is 20.6. The topological polar surface area (TPSA) is 115 Å². The molecule has 0 aliphatic carbocycles. The number of nitrogens with zero attached hydrogens (tertiary/aromatic N) is 6. The van der Waals surface area contributed by atoms with Crippen molar-refractivity contribution in [2.24, 2.45) is 0 Å². The van der Waals surface area contributed by atoms with Crippen molar-refractivity contribution in [2.45, 2.75) is 38.9 Å². The summed E-state index contributed by atoms with van der Waals surface area (Å²) in [6, 6.07) is 9.13. The normalized spacial score (nSPS) is 17.6. The van der Waals surface area contributed by atoms with Gasteiger partial charge in [-0.25, -0.2) is 4.68 Å². The summed E-state index contributed by atoms with van der Waals surface area (Å²) in [4.78, 5) is 21.2. The second-order valence-electron chi connectivity index (χ2n) is 10.3. The average molecular weight is 492 g/mol. The van der Waals surface area contributed by atoms with Crippen LogP contribution in [-0.4, -0.2) is 68.0 Å². The van der Waals surface area contributed by atoms with E-state index < -0.39 is 6.04 Å². The van der Waals surface area contributed by atoms with Gasteiger partial charge >= 0.3 is 0 Å². The number of rotatable bonds is 5. The largest absolute Gasteiger partial charge is 0.468 e. The summed E-state index contributed by atoms with van der Waals surface area (Å²) in [6.07, 6.45) is 1.70. The molecular formula is C25H29N7O4.